The van der Waals surface area contributed by atoms with E-state index in [2.05, 4.69) is 27.2 Å². The van der Waals surface area contributed by atoms with Crippen molar-refractivity contribution in [3.63, 3.8) is 0 Å². The fraction of sp³-hybridized carbons (Fsp3) is 0.188. The molecule has 0 radical (unpaired) electrons. The van der Waals surface area contributed by atoms with Crippen LogP contribution in [0.1, 0.15) is 21.9 Å². The van der Waals surface area contributed by atoms with Crippen LogP contribution >= 0.6 is 0 Å². The zero-order chi connectivity index (χ0) is 15.2. The molecule has 0 fully saturated rings. The van der Waals surface area contributed by atoms with Gasteiger partial charge in [0.15, 0.2) is 0 Å². The Morgan fingerprint density at radius 2 is 2.05 bits per heavy atom. The summed E-state index contributed by atoms with van der Waals surface area (Å²) < 4.78 is 0. The highest BCUT2D eigenvalue weighted by molar-refractivity contribution is 5.93. The molecular formula is C16H18N4O. The summed E-state index contributed by atoms with van der Waals surface area (Å²) in [6, 6.07) is 9.52. The normalized spacial score (nSPS) is 10.0. The molecule has 0 saturated heterocycles. The Hall–Kier alpha value is -2.69. The third-order valence-electron chi connectivity index (χ3n) is 2.89. The molecule has 2 N–H and O–H groups in total. The highest BCUT2D eigenvalue weighted by Gasteiger charge is 2.10. The van der Waals surface area contributed by atoms with Gasteiger partial charge in [-0.2, -0.15) is 0 Å². The van der Waals surface area contributed by atoms with Crippen molar-refractivity contribution < 1.29 is 4.79 Å². The number of aryl methyl sites for hydroxylation is 2. The van der Waals surface area contributed by atoms with Crippen molar-refractivity contribution in [1.29, 1.82) is 0 Å². The Bertz CT molecular complexity index is 667. The Kier molecular flexibility index (Phi) is 4.66. The molecule has 0 spiro atoms. The van der Waals surface area contributed by atoms with E-state index in [0.29, 0.717) is 23.9 Å². The maximum atomic E-state index is 12.0. The molecule has 5 heteroatoms. The monoisotopic (exact) mass is 282 g/mol. The highest BCUT2D eigenvalue weighted by atomic mass is 16.1. The van der Waals surface area contributed by atoms with Crippen LogP contribution in [0.25, 0.3) is 0 Å². The quantitative estimate of drug-likeness (QED) is 0.827. The van der Waals surface area contributed by atoms with Crippen LogP contribution in [0.3, 0.4) is 0 Å². The van der Waals surface area contributed by atoms with Crippen LogP contribution in [0.15, 0.2) is 43.0 Å². The Balaban J connectivity index is 2.25. The van der Waals surface area contributed by atoms with E-state index in [9.17, 15) is 4.79 Å². The maximum Gasteiger partial charge on any atom is 0.270 e. The predicted octanol–water partition coefficient (Wildman–Crippen LogP) is 2.75. The average Bonchev–Trinajstić information content (AvgIpc) is 2.46. The number of anilines is 2. The average molecular weight is 282 g/mol. The van der Waals surface area contributed by atoms with Crippen molar-refractivity contribution in [1.82, 2.24) is 15.3 Å². The Morgan fingerprint density at radius 1 is 1.29 bits per heavy atom. The van der Waals surface area contributed by atoms with Crippen molar-refractivity contribution in [3.8, 4) is 0 Å². The van der Waals surface area contributed by atoms with E-state index in [-0.39, 0.29) is 5.91 Å². The third kappa shape index (κ3) is 3.89. The summed E-state index contributed by atoms with van der Waals surface area (Å²) in [5.74, 6) is 0.895. The van der Waals surface area contributed by atoms with Gasteiger partial charge in [0.2, 0.25) is 0 Å². The second kappa shape index (κ2) is 6.65. The molecule has 1 aromatic heterocycles. The number of rotatable bonds is 5. The number of hydrogen-bond donors (Lipinski definition) is 2. The second-order valence-corrected chi connectivity index (χ2v) is 4.62. The Labute approximate surface area is 124 Å². The predicted molar refractivity (Wildman–Crippen MR) is 83.8 cm³/mol. The minimum atomic E-state index is -0.242. The summed E-state index contributed by atoms with van der Waals surface area (Å²) in [7, 11) is 0. The fourth-order valence-electron chi connectivity index (χ4n) is 1.85. The Morgan fingerprint density at radius 3 is 2.76 bits per heavy atom. The van der Waals surface area contributed by atoms with E-state index in [4.69, 9.17) is 0 Å². The number of amides is 1. The molecule has 0 aliphatic heterocycles. The van der Waals surface area contributed by atoms with Crippen molar-refractivity contribution in [2.75, 3.05) is 11.9 Å². The smallest absolute Gasteiger partial charge is 0.270 e. The first-order chi connectivity index (χ1) is 10.1. The van der Waals surface area contributed by atoms with Gasteiger partial charge in [-0.15, -0.1) is 6.58 Å². The molecule has 21 heavy (non-hydrogen) atoms. The van der Waals surface area contributed by atoms with Gasteiger partial charge in [-0.1, -0.05) is 24.3 Å². The molecule has 1 aromatic carbocycles. The van der Waals surface area contributed by atoms with Gasteiger partial charge in [0.25, 0.3) is 5.91 Å². The van der Waals surface area contributed by atoms with Crippen LogP contribution in [0.4, 0.5) is 11.5 Å². The molecule has 0 atom stereocenters. The van der Waals surface area contributed by atoms with Gasteiger partial charge in [0, 0.05) is 18.3 Å². The second-order valence-electron chi connectivity index (χ2n) is 4.62. The van der Waals surface area contributed by atoms with E-state index < -0.39 is 0 Å². The van der Waals surface area contributed by atoms with Crippen LogP contribution in [0.2, 0.25) is 0 Å². The van der Waals surface area contributed by atoms with Gasteiger partial charge in [0.1, 0.15) is 17.3 Å². The number of para-hydroxylation sites is 1. The largest absolute Gasteiger partial charge is 0.347 e. The highest BCUT2D eigenvalue weighted by Crippen LogP contribution is 2.19. The lowest BCUT2D eigenvalue weighted by molar-refractivity contribution is 0.0952. The van der Waals surface area contributed by atoms with Crippen molar-refractivity contribution >= 4 is 17.4 Å². The number of nitrogens with one attached hydrogen (secondary N) is 2. The van der Waals surface area contributed by atoms with Crippen LogP contribution in [0, 0.1) is 13.8 Å². The molecule has 1 heterocycles. The van der Waals surface area contributed by atoms with E-state index in [1.807, 2.05) is 31.2 Å². The summed E-state index contributed by atoms with van der Waals surface area (Å²) in [6.45, 7) is 7.74. The summed E-state index contributed by atoms with van der Waals surface area (Å²) in [4.78, 5) is 20.4. The third-order valence-corrected chi connectivity index (χ3v) is 2.89. The molecule has 2 aromatic rings. The number of benzene rings is 1. The van der Waals surface area contributed by atoms with Crippen molar-refractivity contribution in [3.05, 3.63) is 60.1 Å². The van der Waals surface area contributed by atoms with Gasteiger partial charge < -0.3 is 10.6 Å². The van der Waals surface area contributed by atoms with E-state index in [1.165, 1.54) is 0 Å². The summed E-state index contributed by atoms with van der Waals surface area (Å²) in [5.41, 5.74) is 2.39. The van der Waals surface area contributed by atoms with Gasteiger partial charge >= 0.3 is 0 Å². The van der Waals surface area contributed by atoms with E-state index in [0.717, 1.165) is 11.3 Å². The van der Waals surface area contributed by atoms with Crippen LogP contribution in [0.5, 0.6) is 0 Å². The number of carbonyl (C=O) groups is 1. The van der Waals surface area contributed by atoms with Crippen LogP contribution < -0.4 is 10.6 Å². The lowest BCUT2D eigenvalue weighted by atomic mass is 10.2. The van der Waals surface area contributed by atoms with Gasteiger partial charge in [-0.05, 0) is 25.5 Å². The maximum absolute atomic E-state index is 12.0. The summed E-state index contributed by atoms with van der Waals surface area (Å²) >= 11 is 0. The van der Waals surface area contributed by atoms with Crippen LogP contribution in [-0.4, -0.2) is 22.4 Å². The van der Waals surface area contributed by atoms with E-state index in [1.54, 1.807) is 19.1 Å². The summed E-state index contributed by atoms with van der Waals surface area (Å²) in [5, 5.41) is 5.92. The molecule has 0 saturated carbocycles. The van der Waals surface area contributed by atoms with Crippen molar-refractivity contribution in [2.45, 2.75) is 13.8 Å². The fourth-order valence-corrected chi connectivity index (χ4v) is 1.85. The number of nitrogens with zero attached hydrogens (tertiary/aromatic N) is 2. The molecule has 0 unspecified atom stereocenters. The molecule has 2 rings (SSSR count). The molecule has 108 valence electrons. The molecule has 0 aliphatic carbocycles. The van der Waals surface area contributed by atoms with Gasteiger partial charge in [0.05, 0.1) is 0 Å². The zero-order valence-electron chi connectivity index (χ0n) is 12.2. The minimum absolute atomic E-state index is 0.242. The van der Waals surface area contributed by atoms with Crippen LogP contribution in [-0.2, 0) is 0 Å². The number of hydrogen-bond acceptors (Lipinski definition) is 4. The first-order valence-corrected chi connectivity index (χ1v) is 6.67. The first kappa shape index (κ1) is 14.7. The van der Waals surface area contributed by atoms with Gasteiger partial charge in [-0.3, -0.25) is 4.79 Å². The zero-order valence-corrected chi connectivity index (χ0v) is 12.2. The van der Waals surface area contributed by atoms with Gasteiger partial charge in [-0.25, -0.2) is 9.97 Å². The number of carbonyl (C=O) groups excluding carboxylic acids is 1. The first-order valence-electron chi connectivity index (χ1n) is 6.67. The number of aromatic nitrogens is 2. The molecule has 0 bridgehead atoms. The SMILES string of the molecule is C=CCNC(=O)c1cc(Nc2ccccc2C)nc(C)n1. The summed E-state index contributed by atoms with van der Waals surface area (Å²) in [6.07, 6.45) is 1.62. The lowest BCUT2D eigenvalue weighted by Crippen LogP contribution is -2.24. The molecule has 1 amide bonds. The molecule has 5 nitrogen and oxygen atoms in total. The van der Waals surface area contributed by atoms with Crippen molar-refractivity contribution in [2.24, 2.45) is 0 Å². The molecule has 0 aliphatic rings. The molecular weight excluding hydrogens is 264 g/mol. The lowest BCUT2D eigenvalue weighted by Gasteiger charge is -2.10. The minimum Gasteiger partial charge on any atom is -0.347 e. The van der Waals surface area contributed by atoms with E-state index >= 15 is 0 Å². The standard InChI is InChI=1S/C16H18N4O/c1-4-9-17-16(21)14-10-15(19-12(3)18-14)20-13-8-6-5-7-11(13)2/h4-8,10H,1,9H2,2-3H3,(H,17,21)(H,18,19,20). The topological polar surface area (TPSA) is 66.9 Å².